The lowest BCUT2D eigenvalue weighted by Crippen LogP contribution is -2.12. The molecule has 0 bridgehead atoms. The summed E-state index contributed by atoms with van der Waals surface area (Å²) in [5, 5.41) is 3.27. The minimum atomic E-state index is 0.926. The van der Waals surface area contributed by atoms with Gasteiger partial charge in [0.15, 0.2) is 0 Å². The van der Waals surface area contributed by atoms with E-state index in [-0.39, 0.29) is 0 Å². The Hall–Kier alpha value is -1.31. The van der Waals surface area contributed by atoms with E-state index in [0.29, 0.717) is 0 Å². The predicted octanol–water partition coefficient (Wildman–Crippen LogP) is 2.30. The Bertz CT molecular complexity index is 339. The summed E-state index contributed by atoms with van der Waals surface area (Å²) in [6, 6.07) is 4.08. The van der Waals surface area contributed by atoms with Gasteiger partial charge in [-0.05, 0) is 31.6 Å². The molecule has 12 heavy (non-hydrogen) atoms. The third kappa shape index (κ3) is 0.998. The molecule has 0 amide bonds. The van der Waals surface area contributed by atoms with Gasteiger partial charge in [-0.2, -0.15) is 0 Å². The monoisotopic (exact) mass is 160 g/mol. The van der Waals surface area contributed by atoms with Gasteiger partial charge in [0.2, 0.25) is 0 Å². The molecule has 1 aromatic rings. The Kier molecular flexibility index (Phi) is 1.61. The van der Waals surface area contributed by atoms with E-state index in [2.05, 4.69) is 30.2 Å². The summed E-state index contributed by atoms with van der Waals surface area (Å²) in [7, 11) is 0. The van der Waals surface area contributed by atoms with E-state index in [1.807, 2.05) is 12.3 Å². The number of nitrogens with zero attached hydrogens (tertiary/aromatic N) is 1. The second-order valence-electron chi connectivity index (χ2n) is 3.16. The molecule has 1 aliphatic rings. The second kappa shape index (κ2) is 2.63. The smallest absolute Gasteiger partial charge is 0.133 e. The Morgan fingerprint density at radius 1 is 1.42 bits per heavy atom. The van der Waals surface area contributed by atoms with Crippen LogP contribution in [0.5, 0.6) is 0 Å². The summed E-state index contributed by atoms with van der Waals surface area (Å²) >= 11 is 0. The molecule has 0 radical (unpaired) electrons. The third-order valence-corrected chi connectivity index (χ3v) is 2.37. The number of rotatable bonds is 0. The molecule has 0 spiro atoms. The first-order valence-corrected chi connectivity index (χ1v) is 4.14. The highest BCUT2D eigenvalue weighted by molar-refractivity contribution is 5.77. The quantitative estimate of drug-likeness (QED) is 0.630. The molecule has 1 aliphatic heterocycles. The fourth-order valence-corrected chi connectivity index (χ4v) is 1.43. The van der Waals surface area contributed by atoms with Crippen LogP contribution in [-0.4, -0.2) is 11.5 Å². The first-order valence-electron chi connectivity index (χ1n) is 4.14. The van der Waals surface area contributed by atoms with Crippen molar-refractivity contribution in [2.75, 3.05) is 11.9 Å². The van der Waals surface area contributed by atoms with Gasteiger partial charge in [0.05, 0.1) is 0 Å². The number of aromatic nitrogens is 1. The second-order valence-corrected chi connectivity index (χ2v) is 3.16. The van der Waals surface area contributed by atoms with Crippen molar-refractivity contribution in [1.29, 1.82) is 0 Å². The van der Waals surface area contributed by atoms with Crippen LogP contribution in [0.4, 0.5) is 5.82 Å². The minimum Gasteiger partial charge on any atom is -0.366 e. The van der Waals surface area contributed by atoms with Gasteiger partial charge in [-0.15, -0.1) is 0 Å². The number of hydrogen-bond donors (Lipinski definition) is 1. The highest BCUT2D eigenvalue weighted by Crippen LogP contribution is 2.27. The molecule has 0 atom stereocenters. The van der Waals surface area contributed by atoms with Crippen molar-refractivity contribution in [2.24, 2.45) is 0 Å². The molecule has 2 heterocycles. The summed E-state index contributed by atoms with van der Waals surface area (Å²) in [6.45, 7) is 5.23. The Morgan fingerprint density at radius 2 is 2.25 bits per heavy atom. The van der Waals surface area contributed by atoms with Crippen molar-refractivity contribution in [3.8, 4) is 0 Å². The number of allylic oxidation sites excluding steroid dienone is 1. The topological polar surface area (TPSA) is 24.9 Å². The van der Waals surface area contributed by atoms with Crippen molar-refractivity contribution in [2.45, 2.75) is 13.8 Å². The molecular weight excluding hydrogens is 148 g/mol. The summed E-state index contributed by atoms with van der Waals surface area (Å²) in [5.74, 6) is 1.01. The van der Waals surface area contributed by atoms with Crippen molar-refractivity contribution in [1.82, 2.24) is 4.98 Å². The highest BCUT2D eigenvalue weighted by atomic mass is 15.0. The van der Waals surface area contributed by atoms with Crippen LogP contribution in [0.1, 0.15) is 19.4 Å². The third-order valence-electron chi connectivity index (χ3n) is 2.37. The van der Waals surface area contributed by atoms with Crippen LogP contribution in [0, 0.1) is 0 Å². The lowest BCUT2D eigenvalue weighted by atomic mass is 10.00. The summed E-state index contributed by atoms with van der Waals surface area (Å²) < 4.78 is 0. The van der Waals surface area contributed by atoms with Crippen molar-refractivity contribution in [3.05, 3.63) is 29.5 Å². The fraction of sp³-hybridized carbons (Fsp3) is 0.300. The molecule has 0 saturated carbocycles. The average Bonchev–Trinajstić information content (AvgIpc) is 2.12. The van der Waals surface area contributed by atoms with Gasteiger partial charge in [0, 0.05) is 18.3 Å². The molecule has 2 rings (SSSR count). The van der Waals surface area contributed by atoms with Crippen molar-refractivity contribution < 1.29 is 0 Å². The van der Waals surface area contributed by atoms with Crippen LogP contribution >= 0.6 is 0 Å². The molecule has 62 valence electrons. The lowest BCUT2D eigenvalue weighted by Gasteiger charge is -2.19. The van der Waals surface area contributed by atoms with Crippen LogP contribution in [-0.2, 0) is 0 Å². The Morgan fingerprint density at radius 3 is 3.08 bits per heavy atom. The van der Waals surface area contributed by atoms with Gasteiger partial charge in [-0.25, -0.2) is 4.98 Å². The number of pyridine rings is 1. The fourth-order valence-electron chi connectivity index (χ4n) is 1.43. The van der Waals surface area contributed by atoms with E-state index >= 15 is 0 Å². The molecule has 2 heteroatoms. The summed E-state index contributed by atoms with van der Waals surface area (Å²) in [6.07, 6.45) is 1.82. The van der Waals surface area contributed by atoms with Crippen LogP contribution < -0.4 is 5.32 Å². The molecule has 1 aromatic heterocycles. The van der Waals surface area contributed by atoms with Gasteiger partial charge >= 0.3 is 0 Å². The maximum absolute atomic E-state index is 4.26. The summed E-state index contributed by atoms with van der Waals surface area (Å²) in [5.41, 5.74) is 3.99. The number of hydrogen-bond acceptors (Lipinski definition) is 2. The van der Waals surface area contributed by atoms with E-state index in [4.69, 9.17) is 0 Å². The molecule has 0 fully saturated rings. The molecule has 1 N–H and O–H groups in total. The Labute approximate surface area is 72.3 Å². The van der Waals surface area contributed by atoms with Gasteiger partial charge in [-0.1, -0.05) is 5.57 Å². The van der Waals surface area contributed by atoms with Crippen LogP contribution in [0.2, 0.25) is 0 Å². The summed E-state index contributed by atoms with van der Waals surface area (Å²) in [4.78, 5) is 4.26. The molecule has 2 nitrogen and oxygen atoms in total. The van der Waals surface area contributed by atoms with Crippen LogP contribution in [0.15, 0.2) is 23.9 Å². The van der Waals surface area contributed by atoms with E-state index in [1.165, 1.54) is 16.7 Å². The lowest BCUT2D eigenvalue weighted by molar-refractivity contribution is 1.12. The number of nitrogens with one attached hydrogen (secondary N) is 1. The largest absolute Gasteiger partial charge is 0.366 e. The van der Waals surface area contributed by atoms with Gasteiger partial charge < -0.3 is 5.32 Å². The van der Waals surface area contributed by atoms with Gasteiger partial charge in [0.25, 0.3) is 0 Å². The predicted molar refractivity (Wildman–Crippen MR) is 51.0 cm³/mol. The van der Waals surface area contributed by atoms with E-state index in [1.54, 1.807) is 0 Å². The maximum atomic E-state index is 4.26. The molecule has 0 saturated heterocycles. The zero-order valence-electron chi connectivity index (χ0n) is 7.39. The number of anilines is 1. The van der Waals surface area contributed by atoms with Gasteiger partial charge in [-0.3, -0.25) is 0 Å². The Balaban J connectivity index is 2.59. The molecule has 0 aromatic carbocycles. The molecule has 0 unspecified atom stereocenters. The zero-order valence-corrected chi connectivity index (χ0v) is 7.39. The van der Waals surface area contributed by atoms with Gasteiger partial charge in [0.1, 0.15) is 5.82 Å². The van der Waals surface area contributed by atoms with E-state index in [9.17, 15) is 0 Å². The van der Waals surface area contributed by atoms with Crippen LogP contribution in [0.25, 0.3) is 5.57 Å². The SMILES string of the molecule is CC1=C(C)c2cccnc2NC1. The van der Waals surface area contributed by atoms with E-state index < -0.39 is 0 Å². The highest BCUT2D eigenvalue weighted by Gasteiger charge is 2.11. The minimum absolute atomic E-state index is 0.926. The average molecular weight is 160 g/mol. The standard InChI is InChI=1S/C10H12N2/c1-7-6-12-10-9(8(7)2)4-3-5-11-10/h3-5H,6H2,1-2H3,(H,11,12). The van der Waals surface area contributed by atoms with E-state index in [0.717, 1.165) is 12.4 Å². The van der Waals surface area contributed by atoms with Crippen molar-refractivity contribution in [3.63, 3.8) is 0 Å². The first kappa shape index (κ1) is 7.35. The van der Waals surface area contributed by atoms with Crippen LogP contribution in [0.3, 0.4) is 0 Å². The first-order chi connectivity index (χ1) is 5.79. The molecular formula is C10H12N2. The van der Waals surface area contributed by atoms with Crippen molar-refractivity contribution >= 4 is 11.4 Å². The maximum Gasteiger partial charge on any atom is 0.133 e. The zero-order chi connectivity index (χ0) is 8.55. The number of fused-ring (bicyclic) bond motifs is 1. The normalized spacial score (nSPS) is 15.5. The molecule has 0 aliphatic carbocycles.